The van der Waals surface area contributed by atoms with Gasteiger partial charge in [0.2, 0.25) is 11.8 Å². The average Bonchev–Trinajstić information content (AvgIpc) is 3.79. The molecule has 1 aliphatic heterocycles. The molecule has 0 radical (unpaired) electrons. The largest absolute Gasteiger partial charge is 1.00 e. The van der Waals surface area contributed by atoms with Crippen molar-refractivity contribution in [3.63, 3.8) is 0 Å². The number of hydrogen-bond donors (Lipinski definition) is 6. The first-order chi connectivity index (χ1) is 30.6. The Hall–Kier alpha value is -0.648. The minimum atomic E-state index is -5.90. The van der Waals surface area contributed by atoms with Gasteiger partial charge in [0.05, 0.1) is 19.5 Å². The minimum Gasteiger partial charge on any atom is -0.756 e. The Kier molecular flexibility index (Phi) is 32.9. The molecule has 0 aliphatic carbocycles. The number of phosphoric acid groups is 3. The summed E-state index contributed by atoms with van der Waals surface area (Å²) in [7, 11) is -17.3. The van der Waals surface area contributed by atoms with Crippen molar-refractivity contribution in [2.75, 3.05) is 37.8 Å². The first kappa shape index (κ1) is 67.4. The smallest absolute Gasteiger partial charge is 0.756 e. The molecule has 8 unspecified atom stereocenters. The van der Waals surface area contributed by atoms with Gasteiger partial charge in [-0.15, -0.1) is 0 Å². The first-order valence-electron chi connectivity index (χ1n) is 21.5. The van der Waals surface area contributed by atoms with Gasteiger partial charge >= 0.3 is 56.6 Å². The molecular formula is C37H63Li3N7O17P3S. The number of imidazole rings is 1. The zero-order valence-corrected chi connectivity index (χ0v) is 43.4. The molecule has 372 valence electrons. The summed E-state index contributed by atoms with van der Waals surface area (Å²) in [5.74, 6) is -1.11. The maximum atomic E-state index is 12.6. The molecule has 3 heterocycles. The molecule has 7 N–H and O–H groups in total. The molecule has 1 saturated heterocycles. The fourth-order valence-electron chi connectivity index (χ4n) is 6.64. The number of ether oxygens (including phenoxy) is 1. The second kappa shape index (κ2) is 33.2. The summed E-state index contributed by atoms with van der Waals surface area (Å²) in [5.41, 5.74) is 4.14. The van der Waals surface area contributed by atoms with Gasteiger partial charge in [0, 0.05) is 37.1 Å². The van der Waals surface area contributed by atoms with Gasteiger partial charge in [0.1, 0.15) is 36.3 Å². The number of aliphatic hydroxyl groups is 2. The number of nitrogens with zero attached hydrogens (tertiary/aromatic N) is 4. The molecule has 3 rings (SSSR count). The quantitative estimate of drug-likeness (QED) is 0.0220. The molecule has 2 aromatic rings. The van der Waals surface area contributed by atoms with Crippen molar-refractivity contribution in [3.05, 3.63) is 12.7 Å². The SMILES string of the molecule is CCCCCCCCCCCCCCCC(=O)SCCNC(=O)CCNC(=O)C(O)C(C)(C)COP(=O)([O-])OP(=O)([O-])OCC1OC(n2cnc3c(N)ncnc32)C(O)C1OP(=O)([O-])O.[Li+].[Li+].[Li+]. The van der Waals surface area contributed by atoms with E-state index in [1.807, 2.05) is 0 Å². The van der Waals surface area contributed by atoms with Crippen LogP contribution in [0.3, 0.4) is 0 Å². The zero-order valence-electron chi connectivity index (χ0n) is 39.9. The number of nitrogens with two attached hydrogens (primary N) is 1. The number of fused-ring (bicyclic) bond motifs is 1. The van der Waals surface area contributed by atoms with Crippen molar-refractivity contribution in [2.45, 2.75) is 148 Å². The molecule has 1 aliphatic rings. The maximum absolute atomic E-state index is 12.6. The Balaban J connectivity index is 0.0000150. The third-order valence-electron chi connectivity index (χ3n) is 10.2. The van der Waals surface area contributed by atoms with Gasteiger partial charge in [-0.05, 0) is 6.42 Å². The summed E-state index contributed by atoms with van der Waals surface area (Å²) in [6.45, 7) is 2.46. The molecule has 0 saturated carbocycles. The van der Waals surface area contributed by atoms with Crippen LogP contribution in [0.5, 0.6) is 0 Å². The molecule has 0 bridgehead atoms. The molecule has 2 aromatic heterocycles. The standard InChI is InChI=1S/C37H66N7O17P3S.3Li/c1-4-5-6-7-8-9-10-11-12-13-14-15-16-17-28(46)65-21-20-39-27(45)18-19-40-35(49)32(48)37(2,3)23-58-64(55,56)61-63(53,54)57-22-26-31(60-62(50,51)52)30(47)36(59-26)44-25-43-29-33(38)41-24-42-34(29)44;;;/h24-26,30-32,36,47-48H,4-23H2,1-3H3,(H,39,45)(H,40,49)(H,53,54)(H,55,56)(H2,38,41,42)(H2,50,51,52);;;/q;3*+1/p-3. The first-order valence-corrected chi connectivity index (χ1v) is 27.0. The number of anilines is 1. The van der Waals surface area contributed by atoms with Gasteiger partial charge in [-0.25, -0.2) is 19.3 Å². The monoisotopic (exact) mass is 1020 g/mol. The van der Waals surface area contributed by atoms with Crippen LogP contribution in [0.25, 0.3) is 11.2 Å². The maximum Gasteiger partial charge on any atom is 1.00 e. The van der Waals surface area contributed by atoms with Crippen molar-refractivity contribution >= 4 is 69.1 Å². The number of carbonyl (C=O) groups is 3. The molecule has 24 nitrogen and oxygen atoms in total. The second-order valence-electron chi connectivity index (χ2n) is 16.2. The summed E-state index contributed by atoms with van der Waals surface area (Å²) in [6.07, 6.45) is 8.99. The van der Waals surface area contributed by atoms with Crippen molar-refractivity contribution < 1.29 is 137 Å². The van der Waals surface area contributed by atoms with E-state index in [-0.39, 0.29) is 98.2 Å². The van der Waals surface area contributed by atoms with Crippen molar-refractivity contribution in [2.24, 2.45) is 5.41 Å². The van der Waals surface area contributed by atoms with Crippen LogP contribution in [0.15, 0.2) is 12.7 Å². The van der Waals surface area contributed by atoms with E-state index in [1.54, 1.807) is 0 Å². The number of aromatic nitrogens is 4. The molecule has 0 aromatic carbocycles. The van der Waals surface area contributed by atoms with E-state index in [1.165, 1.54) is 78.1 Å². The van der Waals surface area contributed by atoms with E-state index < -0.39 is 84.6 Å². The zero-order chi connectivity index (χ0) is 48.3. The average molecular weight is 1020 g/mol. The van der Waals surface area contributed by atoms with E-state index in [0.717, 1.165) is 48.2 Å². The summed E-state index contributed by atoms with van der Waals surface area (Å²) in [5, 5.41) is 26.5. The van der Waals surface area contributed by atoms with Crippen LogP contribution in [0.4, 0.5) is 5.82 Å². The molecule has 8 atom stereocenters. The number of aliphatic hydroxyl groups excluding tert-OH is 2. The number of nitrogens with one attached hydrogen (secondary N) is 2. The topological polar surface area (TPSA) is 372 Å². The predicted octanol–water partition coefficient (Wildman–Crippen LogP) is -6.74. The minimum absolute atomic E-state index is 0. The van der Waals surface area contributed by atoms with Crippen LogP contribution >= 0.6 is 35.2 Å². The number of rotatable bonds is 33. The van der Waals surface area contributed by atoms with Crippen LogP contribution < -0.4 is 87.6 Å². The number of thioether (sulfide) groups is 1. The number of carbonyl (C=O) groups excluding carboxylic acids is 3. The van der Waals surface area contributed by atoms with Gasteiger partial charge < -0.3 is 64.5 Å². The molecule has 2 amide bonds. The van der Waals surface area contributed by atoms with Gasteiger partial charge in [0.25, 0.3) is 23.5 Å². The summed E-state index contributed by atoms with van der Waals surface area (Å²) >= 11 is 1.14. The third-order valence-corrected chi connectivity index (χ3v) is 14.2. The second-order valence-corrected chi connectivity index (χ2v) is 21.5. The van der Waals surface area contributed by atoms with Crippen LogP contribution in [0.2, 0.25) is 0 Å². The number of phosphoric ester groups is 3. The van der Waals surface area contributed by atoms with E-state index in [4.69, 9.17) is 10.5 Å². The Labute approximate surface area is 437 Å². The van der Waals surface area contributed by atoms with Crippen molar-refractivity contribution in [3.8, 4) is 0 Å². The third kappa shape index (κ3) is 24.9. The molecule has 31 heteroatoms. The molecule has 0 spiro atoms. The summed E-state index contributed by atoms with van der Waals surface area (Å²) < 4.78 is 61.1. The summed E-state index contributed by atoms with van der Waals surface area (Å²) in [6, 6.07) is 0. The molecular weight excluding hydrogens is 960 g/mol. The Morgan fingerprint density at radius 3 is 2.04 bits per heavy atom. The Morgan fingerprint density at radius 1 is 0.882 bits per heavy atom. The number of amides is 2. The fraction of sp³-hybridized carbons (Fsp3) is 0.784. The normalized spacial score (nSPS) is 20.1. The Bertz CT molecular complexity index is 1980. The fourth-order valence-corrected chi connectivity index (χ4v) is 10.1. The van der Waals surface area contributed by atoms with Crippen molar-refractivity contribution in [1.29, 1.82) is 0 Å². The van der Waals surface area contributed by atoms with E-state index in [9.17, 15) is 57.9 Å². The molecule has 68 heavy (non-hydrogen) atoms. The number of unbranched alkanes of at least 4 members (excludes halogenated alkanes) is 12. The number of nitrogen functional groups attached to an aromatic ring is 1. The van der Waals surface area contributed by atoms with Gasteiger partial charge in [-0.2, -0.15) is 0 Å². The van der Waals surface area contributed by atoms with Crippen LogP contribution in [0, 0.1) is 5.41 Å². The van der Waals surface area contributed by atoms with E-state index in [2.05, 4.69) is 50.4 Å². The van der Waals surface area contributed by atoms with E-state index >= 15 is 0 Å². The summed E-state index contributed by atoms with van der Waals surface area (Å²) in [4.78, 5) is 94.8. The van der Waals surface area contributed by atoms with Crippen LogP contribution in [-0.4, -0.2) is 108 Å². The molecule has 1 fully saturated rings. The van der Waals surface area contributed by atoms with Gasteiger partial charge in [-0.3, -0.25) is 32.6 Å². The van der Waals surface area contributed by atoms with Crippen LogP contribution in [0.1, 0.15) is 123 Å². The number of hydrogen-bond acceptors (Lipinski definition) is 21. The van der Waals surface area contributed by atoms with Gasteiger partial charge in [0.15, 0.2) is 22.8 Å². The van der Waals surface area contributed by atoms with E-state index in [0.29, 0.717) is 12.2 Å². The van der Waals surface area contributed by atoms with Crippen LogP contribution in [-0.2, 0) is 50.7 Å². The van der Waals surface area contributed by atoms with Crippen molar-refractivity contribution in [1.82, 2.24) is 30.2 Å². The van der Waals surface area contributed by atoms with Gasteiger partial charge in [-0.1, -0.05) is 110 Å². The Morgan fingerprint density at radius 2 is 1.46 bits per heavy atom. The predicted molar refractivity (Wildman–Crippen MR) is 231 cm³/mol.